The fourth-order valence-corrected chi connectivity index (χ4v) is 5.51. The van der Waals surface area contributed by atoms with Gasteiger partial charge in [-0.2, -0.15) is 0 Å². The number of non-ortho nitro benzene ring substituents is 1. The third-order valence-corrected chi connectivity index (χ3v) is 6.79. The molecule has 0 radical (unpaired) electrons. The summed E-state index contributed by atoms with van der Waals surface area (Å²) in [4.78, 5) is 48.1. The summed E-state index contributed by atoms with van der Waals surface area (Å²) < 4.78 is 17.4. The normalized spacial score (nSPS) is 14.1. The summed E-state index contributed by atoms with van der Waals surface area (Å²) in [6, 6.07) is 12.0. The SMILES string of the molecule is COC(=O)c1ccc(CN2C(=O)N/C(=C\c3cc(I)c(OCc4ccc([N+](=O)[O-])cc4)c(I)c3)C2=O)o1. The van der Waals surface area contributed by atoms with E-state index in [1.54, 1.807) is 30.3 Å². The van der Waals surface area contributed by atoms with E-state index in [2.05, 4.69) is 55.2 Å². The highest BCUT2D eigenvalue weighted by Crippen LogP contribution is 2.31. The smallest absolute Gasteiger partial charge is 0.373 e. The molecule has 1 N–H and O–H groups in total. The summed E-state index contributed by atoms with van der Waals surface area (Å²) in [7, 11) is 1.22. The summed E-state index contributed by atoms with van der Waals surface area (Å²) in [5.41, 5.74) is 1.55. The van der Waals surface area contributed by atoms with Gasteiger partial charge in [-0.15, -0.1) is 0 Å². The Hall–Kier alpha value is -3.47. The standard InChI is InChI=1S/C24H17I2N3O8/c1-35-23(31)20-7-6-16(37-20)11-28-22(30)19(27-24(28)32)10-14-8-17(25)21(18(26)9-14)36-12-13-2-4-15(5-3-13)29(33)34/h2-10H,11-12H2,1H3,(H,27,32)/b19-10-. The number of halogens is 2. The molecule has 1 aromatic heterocycles. The molecule has 0 spiro atoms. The first-order chi connectivity index (χ1) is 17.7. The number of nitro groups is 1. The Balaban J connectivity index is 1.45. The number of ether oxygens (including phenoxy) is 2. The zero-order chi connectivity index (χ0) is 26.7. The van der Waals surface area contributed by atoms with Crippen molar-refractivity contribution in [1.82, 2.24) is 10.2 Å². The second kappa shape index (κ2) is 11.3. The van der Waals surface area contributed by atoms with Crippen LogP contribution >= 0.6 is 45.2 Å². The minimum atomic E-state index is -0.659. The Kier molecular flexibility index (Phi) is 8.11. The van der Waals surface area contributed by atoms with E-state index in [1.165, 1.54) is 31.4 Å². The summed E-state index contributed by atoms with van der Waals surface area (Å²) in [6.07, 6.45) is 1.56. The van der Waals surface area contributed by atoms with E-state index in [9.17, 15) is 24.5 Å². The lowest BCUT2D eigenvalue weighted by atomic mass is 10.2. The van der Waals surface area contributed by atoms with Crippen LogP contribution in [0.2, 0.25) is 0 Å². The minimum Gasteiger partial charge on any atom is -0.487 e. The number of nitrogens with zero attached hydrogens (tertiary/aromatic N) is 2. The molecule has 13 heteroatoms. The third-order valence-electron chi connectivity index (χ3n) is 5.19. The van der Waals surface area contributed by atoms with E-state index < -0.39 is 22.8 Å². The molecule has 1 saturated heterocycles. The van der Waals surface area contributed by atoms with Crippen molar-refractivity contribution in [3.05, 3.63) is 94.1 Å². The molecule has 1 fully saturated rings. The quantitative estimate of drug-likeness (QED) is 0.0867. The molecule has 11 nitrogen and oxygen atoms in total. The number of nitrogens with one attached hydrogen (secondary N) is 1. The Morgan fingerprint density at radius 2 is 1.81 bits per heavy atom. The van der Waals surface area contributed by atoms with Crippen LogP contribution in [0.5, 0.6) is 5.75 Å². The van der Waals surface area contributed by atoms with E-state index >= 15 is 0 Å². The average Bonchev–Trinajstić information content (AvgIpc) is 3.43. The molecule has 0 bridgehead atoms. The van der Waals surface area contributed by atoms with Gasteiger partial charge in [-0.05, 0) is 98.8 Å². The summed E-state index contributed by atoms with van der Waals surface area (Å²) in [5, 5.41) is 13.4. The van der Waals surface area contributed by atoms with Crippen LogP contribution in [0.15, 0.2) is 58.6 Å². The molecule has 3 amide bonds. The number of hydrogen-bond donors (Lipinski definition) is 1. The number of nitro benzene ring substituents is 1. The van der Waals surface area contributed by atoms with Crippen LogP contribution in [-0.4, -0.2) is 34.8 Å². The van der Waals surface area contributed by atoms with Crippen molar-refractivity contribution in [1.29, 1.82) is 0 Å². The molecule has 4 rings (SSSR count). The first-order valence-electron chi connectivity index (χ1n) is 10.5. The molecular formula is C24H17I2N3O8. The van der Waals surface area contributed by atoms with E-state index in [4.69, 9.17) is 9.15 Å². The number of imide groups is 1. The number of hydrogen-bond acceptors (Lipinski definition) is 8. The first kappa shape index (κ1) is 26.6. The number of rotatable bonds is 8. The molecule has 0 unspecified atom stereocenters. The number of urea groups is 1. The maximum Gasteiger partial charge on any atom is 0.373 e. The van der Waals surface area contributed by atoms with Gasteiger partial charge in [0.1, 0.15) is 23.8 Å². The summed E-state index contributed by atoms with van der Waals surface area (Å²) in [5.74, 6) is -0.341. The Morgan fingerprint density at radius 1 is 1.14 bits per heavy atom. The third kappa shape index (κ3) is 6.10. The average molecular weight is 729 g/mol. The highest BCUT2D eigenvalue weighted by molar-refractivity contribution is 14.1. The minimum absolute atomic E-state index is 0.00697. The van der Waals surface area contributed by atoms with Crippen LogP contribution in [0.1, 0.15) is 27.4 Å². The van der Waals surface area contributed by atoms with Gasteiger partial charge in [0.25, 0.3) is 11.6 Å². The van der Waals surface area contributed by atoms with Crippen molar-refractivity contribution in [2.45, 2.75) is 13.2 Å². The van der Waals surface area contributed by atoms with E-state index in [1.807, 2.05) is 0 Å². The van der Waals surface area contributed by atoms with Crippen molar-refractivity contribution in [2.75, 3.05) is 7.11 Å². The molecule has 37 heavy (non-hydrogen) atoms. The van der Waals surface area contributed by atoms with Crippen LogP contribution in [0.4, 0.5) is 10.5 Å². The zero-order valence-electron chi connectivity index (χ0n) is 19.0. The van der Waals surface area contributed by atoms with Gasteiger partial charge in [-0.1, -0.05) is 0 Å². The predicted molar refractivity (Wildman–Crippen MR) is 146 cm³/mol. The second-order valence-electron chi connectivity index (χ2n) is 7.66. The van der Waals surface area contributed by atoms with Crippen LogP contribution < -0.4 is 10.1 Å². The fourth-order valence-electron chi connectivity index (χ4n) is 3.38. The maximum absolute atomic E-state index is 12.9. The van der Waals surface area contributed by atoms with Gasteiger partial charge in [-0.3, -0.25) is 19.8 Å². The van der Waals surface area contributed by atoms with Gasteiger partial charge < -0.3 is 19.2 Å². The molecule has 0 aliphatic carbocycles. The van der Waals surface area contributed by atoms with E-state index in [0.29, 0.717) is 11.3 Å². The molecule has 190 valence electrons. The van der Waals surface area contributed by atoms with Crippen molar-refractivity contribution < 1.29 is 33.2 Å². The van der Waals surface area contributed by atoms with Crippen molar-refractivity contribution in [3.63, 3.8) is 0 Å². The van der Waals surface area contributed by atoms with Gasteiger partial charge in [0.15, 0.2) is 0 Å². The largest absolute Gasteiger partial charge is 0.487 e. The number of methoxy groups -OCH3 is 1. The molecule has 2 heterocycles. The second-order valence-corrected chi connectivity index (χ2v) is 9.99. The number of carbonyl (C=O) groups excluding carboxylic acids is 3. The van der Waals surface area contributed by atoms with E-state index in [0.717, 1.165) is 17.6 Å². The highest BCUT2D eigenvalue weighted by atomic mass is 127. The number of furan rings is 1. The van der Waals surface area contributed by atoms with Gasteiger partial charge in [0.05, 0.1) is 25.7 Å². The Bertz CT molecular complexity index is 1410. The molecule has 1 aliphatic rings. The zero-order valence-corrected chi connectivity index (χ0v) is 23.3. The van der Waals surface area contributed by atoms with Gasteiger partial charge in [0, 0.05) is 12.1 Å². The Labute approximate surface area is 237 Å². The van der Waals surface area contributed by atoms with Crippen LogP contribution in [0, 0.1) is 17.3 Å². The lowest BCUT2D eigenvalue weighted by Gasteiger charge is -2.12. The lowest BCUT2D eigenvalue weighted by molar-refractivity contribution is -0.384. The molecule has 0 atom stereocenters. The monoisotopic (exact) mass is 729 g/mol. The molecule has 3 aromatic rings. The lowest BCUT2D eigenvalue weighted by Crippen LogP contribution is -2.30. The van der Waals surface area contributed by atoms with Crippen molar-refractivity contribution in [2.24, 2.45) is 0 Å². The number of carbonyl (C=O) groups is 3. The topological polar surface area (TPSA) is 141 Å². The van der Waals surface area contributed by atoms with Crippen molar-refractivity contribution >= 4 is 74.9 Å². The molecule has 1 aliphatic heterocycles. The van der Waals surface area contributed by atoms with E-state index in [-0.39, 0.29) is 36.1 Å². The molecular weight excluding hydrogens is 712 g/mol. The molecule has 2 aromatic carbocycles. The molecule has 0 saturated carbocycles. The van der Waals surface area contributed by atoms with Gasteiger partial charge in [0.2, 0.25) is 5.76 Å². The summed E-state index contributed by atoms with van der Waals surface area (Å²) >= 11 is 4.23. The van der Waals surface area contributed by atoms with Crippen LogP contribution in [0.25, 0.3) is 6.08 Å². The Morgan fingerprint density at radius 3 is 2.43 bits per heavy atom. The first-order valence-corrected chi connectivity index (χ1v) is 12.7. The predicted octanol–water partition coefficient (Wildman–Crippen LogP) is 4.86. The van der Waals surface area contributed by atoms with Crippen LogP contribution in [0.3, 0.4) is 0 Å². The summed E-state index contributed by atoms with van der Waals surface area (Å²) in [6.45, 7) is 0.0713. The maximum atomic E-state index is 12.9. The van der Waals surface area contributed by atoms with Gasteiger partial charge in [-0.25, -0.2) is 9.59 Å². The highest BCUT2D eigenvalue weighted by Gasteiger charge is 2.34. The fraction of sp³-hybridized carbons (Fsp3) is 0.125. The van der Waals surface area contributed by atoms with Crippen molar-refractivity contribution in [3.8, 4) is 5.75 Å². The van der Waals surface area contributed by atoms with Crippen LogP contribution in [-0.2, 0) is 22.7 Å². The van der Waals surface area contributed by atoms with Gasteiger partial charge >= 0.3 is 12.0 Å². The number of amides is 3. The number of benzene rings is 2. The number of esters is 1.